The maximum Gasteiger partial charge on any atom is 0.355 e. The van der Waals surface area contributed by atoms with E-state index in [1.165, 1.54) is 12.1 Å². The van der Waals surface area contributed by atoms with Crippen LogP contribution in [-0.2, 0) is 0 Å². The van der Waals surface area contributed by atoms with Gasteiger partial charge in [-0.3, -0.25) is 25.8 Å². The van der Waals surface area contributed by atoms with Crippen molar-refractivity contribution in [2.75, 3.05) is 23.4 Å². The minimum atomic E-state index is -0.802. The molecule has 0 atom stereocenters. The van der Waals surface area contributed by atoms with Crippen LogP contribution in [0.5, 0.6) is 0 Å². The van der Waals surface area contributed by atoms with Crippen molar-refractivity contribution in [3.63, 3.8) is 0 Å². The number of benzene rings is 1. The van der Waals surface area contributed by atoms with E-state index in [9.17, 15) is 19.3 Å². The third kappa shape index (κ3) is 4.61. The van der Waals surface area contributed by atoms with Crippen molar-refractivity contribution in [1.82, 2.24) is 15.4 Å². The number of hydrogen-bond donors (Lipinski definition) is 2. The van der Waals surface area contributed by atoms with Gasteiger partial charge >= 0.3 is 5.69 Å². The number of rotatable bonds is 7. The molecule has 1 aromatic carbocycles. The molecule has 0 aliphatic carbocycles. The van der Waals surface area contributed by atoms with E-state index in [1.54, 1.807) is 12.1 Å². The fourth-order valence-electron chi connectivity index (χ4n) is 2.03. The summed E-state index contributed by atoms with van der Waals surface area (Å²) >= 11 is 0. The molecule has 1 aromatic heterocycles. The highest BCUT2D eigenvalue weighted by Crippen LogP contribution is 2.31. The lowest BCUT2D eigenvalue weighted by Crippen LogP contribution is -2.31. The van der Waals surface area contributed by atoms with E-state index in [0.29, 0.717) is 0 Å². The molecule has 0 unspecified atom stereocenters. The number of nitrogens with one attached hydrogen (secondary N) is 2. The van der Waals surface area contributed by atoms with Crippen LogP contribution in [0.25, 0.3) is 0 Å². The number of carbonyl (C=O) groups is 1. The SMILES string of the molecule is N#CCN(CC#N)c1ncnc(NNC(=O)c2ccc(F)cc2)c1[N+](=O)[O-]. The Labute approximate surface area is 151 Å². The first-order chi connectivity index (χ1) is 13.0. The molecule has 0 saturated heterocycles. The summed E-state index contributed by atoms with van der Waals surface area (Å²) in [5, 5.41) is 29.1. The van der Waals surface area contributed by atoms with Gasteiger partial charge in [0.2, 0.25) is 11.6 Å². The number of hydrogen-bond acceptors (Lipinski definition) is 9. The molecule has 0 fully saturated rings. The number of nitriles is 2. The van der Waals surface area contributed by atoms with Crippen LogP contribution in [0, 0.1) is 38.6 Å². The number of nitro groups is 1. The molecule has 1 amide bonds. The van der Waals surface area contributed by atoms with Gasteiger partial charge in [-0.05, 0) is 24.3 Å². The minimum Gasteiger partial charge on any atom is -0.324 e. The normalized spacial score (nSPS) is 9.59. The largest absolute Gasteiger partial charge is 0.355 e. The quantitative estimate of drug-likeness (QED) is 0.413. The second-order valence-corrected chi connectivity index (χ2v) is 4.91. The third-order valence-corrected chi connectivity index (χ3v) is 3.21. The fraction of sp³-hybridized carbons (Fsp3) is 0.133. The standard InChI is InChI=1S/C15H11FN8O3/c16-11-3-1-10(2-4-11)15(25)22-21-13-12(24(26)27)14(20-9-19-13)23(7-5-17)8-6-18/h1-4,9H,7-8H2,(H,22,25)(H,19,20,21). The average molecular weight is 370 g/mol. The summed E-state index contributed by atoms with van der Waals surface area (Å²) in [6, 6.07) is 8.20. The highest BCUT2D eigenvalue weighted by atomic mass is 19.1. The Bertz CT molecular complexity index is 920. The Balaban J connectivity index is 2.28. The Kier molecular flexibility index (Phi) is 6.11. The summed E-state index contributed by atoms with van der Waals surface area (Å²) < 4.78 is 12.9. The molecule has 136 valence electrons. The first-order valence-corrected chi connectivity index (χ1v) is 7.28. The summed E-state index contributed by atoms with van der Waals surface area (Å²) in [5.74, 6) is -1.81. The van der Waals surface area contributed by atoms with Crippen LogP contribution in [0.2, 0.25) is 0 Å². The first kappa shape index (κ1) is 19.0. The number of amides is 1. The van der Waals surface area contributed by atoms with E-state index in [4.69, 9.17) is 10.5 Å². The Hall–Kier alpha value is -4.32. The van der Waals surface area contributed by atoms with Crippen LogP contribution in [-0.4, -0.2) is 33.9 Å². The summed E-state index contributed by atoms with van der Waals surface area (Å²) in [6.07, 6.45) is 0.983. The zero-order valence-corrected chi connectivity index (χ0v) is 13.6. The third-order valence-electron chi connectivity index (χ3n) is 3.21. The second-order valence-electron chi connectivity index (χ2n) is 4.91. The molecule has 11 nitrogen and oxygen atoms in total. The Morgan fingerprint density at radius 1 is 1.22 bits per heavy atom. The number of anilines is 2. The summed E-state index contributed by atoms with van der Waals surface area (Å²) in [4.78, 5) is 31.2. The van der Waals surface area contributed by atoms with Gasteiger partial charge in [-0.2, -0.15) is 10.5 Å². The lowest BCUT2D eigenvalue weighted by Gasteiger charge is -2.17. The van der Waals surface area contributed by atoms with E-state index in [0.717, 1.165) is 23.4 Å². The zero-order chi connectivity index (χ0) is 19.8. The second kappa shape index (κ2) is 8.68. The zero-order valence-electron chi connectivity index (χ0n) is 13.6. The summed E-state index contributed by atoms with van der Waals surface area (Å²) in [5.41, 5.74) is 4.00. The molecular formula is C15H11FN8O3. The first-order valence-electron chi connectivity index (χ1n) is 7.28. The number of nitrogens with zero attached hydrogens (tertiary/aromatic N) is 6. The molecule has 2 rings (SSSR count). The van der Waals surface area contributed by atoms with Crippen LogP contribution in [0.1, 0.15) is 10.4 Å². The summed E-state index contributed by atoms with van der Waals surface area (Å²) in [6.45, 7) is -0.625. The predicted octanol–water partition coefficient (Wildman–Crippen LogP) is 1.13. The van der Waals surface area contributed by atoms with Crippen LogP contribution in [0.4, 0.5) is 21.7 Å². The molecule has 0 aliphatic heterocycles. The van der Waals surface area contributed by atoms with Crippen molar-refractivity contribution in [2.24, 2.45) is 0 Å². The molecule has 0 aliphatic rings. The molecule has 1 heterocycles. The fourth-order valence-corrected chi connectivity index (χ4v) is 2.03. The van der Waals surface area contributed by atoms with Crippen molar-refractivity contribution in [1.29, 1.82) is 10.5 Å². The van der Waals surface area contributed by atoms with Gasteiger partial charge in [0.15, 0.2) is 0 Å². The topological polar surface area (TPSA) is 161 Å². The molecule has 12 heteroatoms. The average Bonchev–Trinajstić information content (AvgIpc) is 2.66. The van der Waals surface area contributed by atoms with Gasteiger partial charge in [0.1, 0.15) is 25.2 Å². The predicted molar refractivity (Wildman–Crippen MR) is 89.6 cm³/mol. The highest BCUT2D eigenvalue weighted by Gasteiger charge is 2.27. The maximum absolute atomic E-state index is 12.9. The molecule has 0 radical (unpaired) electrons. The van der Waals surface area contributed by atoms with Crippen molar-refractivity contribution in [3.8, 4) is 12.1 Å². The van der Waals surface area contributed by atoms with Gasteiger partial charge < -0.3 is 4.90 Å². The molecule has 0 spiro atoms. The monoisotopic (exact) mass is 370 g/mol. The summed E-state index contributed by atoms with van der Waals surface area (Å²) in [7, 11) is 0. The lowest BCUT2D eigenvalue weighted by molar-refractivity contribution is -0.383. The molecule has 0 bridgehead atoms. The van der Waals surface area contributed by atoms with Crippen molar-refractivity contribution < 1.29 is 14.1 Å². The van der Waals surface area contributed by atoms with Crippen LogP contribution in [0.3, 0.4) is 0 Å². The molecule has 2 aromatic rings. The molecular weight excluding hydrogens is 359 g/mol. The molecule has 2 N–H and O–H groups in total. The highest BCUT2D eigenvalue weighted by molar-refractivity contribution is 5.95. The van der Waals surface area contributed by atoms with Gasteiger partial charge in [-0.25, -0.2) is 14.4 Å². The van der Waals surface area contributed by atoms with Gasteiger partial charge in [-0.1, -0.05) is 0 Å². The van der Waals surface area contributed by atoms with Gasteiger partial charge in [-0.15, -0.1) is 0 Å². The maximum atomic E-state index is 12.9. The van der Waals surface area contributed by atoms with E-state index in [1.807, 2.05) is 0 Å². The number of aromatic nitrogens is 2. The van der Waals surface area contributed by atoms with E-state index in [-0.39, 0.29) is 30.3 Å². The Morgan fingerprint density at radius 3 is 2.41 bits per heavy atom. The van der Waals surface area contributed by atoms with Crippen LogP contribution < -0.4 is 15.8 Å². The number of halogens is 1. The number of hydrazine groups is 1. The van der Waals surface area contributed by atoms with Gasteiger partial charge in [0.25, 0.3) is 5.91 Å². The molecule has 0 saturated carbocycles. The molecule has 27 heavy (non-hydrogen) atoms. The van der Waals surface area contributed by atoms with Crippen molar-refractivity contribution >= 4 is 23.2 Å². The lowest BCUT2D eigenvalue weighted by atomic mass is 10.2. The van der Waals surface area contributed by atoms with E-state index in [2.05, 4.69) is 20.8 Å². The smallest absolute Gasteiger partial charge is 0.324 e. The minimum absolute atomic E-state index is 0.108. The van der Waals surface area contributed by atoms with Gasteiger partial charge in [0, 0.05) is 5.56 Å². The van der Waals surface area contributed by atoms with Gasteiger partial charge in [0.05, 0.1) is 17.1 Å². The van der Waals surface area contributed by atoms with Crippen LogP contribution in [0.15, 0.2) is 30.6 Å². The van der Waals surface area contributed by atoms with E-state index < -0.39 is 22.3 Å². The van der Waals surface area contributed by atoms with Crippen molar-refractivity contribution in [2.45, 2.75) is 0 Å². The Morgan fingerprint density at radius 2 is 1.85 bits per heavy atom. The number of carbonyl (C=O) groups excluding carboxylic acids is 1. The van der Waals surface area contributed by atoms with Crippen molar-refractivity contribution in [3.05, 3.63) is 52.1 Å². The van der Waals surface area contributed by atoms with Crippen LogP contribution >= 0.6 is 0 Å². The van der Waals surface area contributed by atoms with E-state index >= 15 is 0 Å².